The zero-order valence-electron chi connectivity index (χ0n) is 18.2. The molecular formula is C23H21ClF2N4O4. The van der Waals surface area contributed by atoms with Gasteiger partial charge in [0.2, 0.25) is 5.91 Å². The lowest BCUT2D eigenvalue weighted by atomic mass is 10.1. The third kappa shape index (κ3) is 4.87. The Bertz CT molecular complexity index is 1240. The summed E-state index contributed by atoms with van der Waals surface area (Å²) >= 11 is 5.69. The lowest BCUT2D eigenvalue weighted by Crippen LogP contribution is -2.55. The van der Waals surface area contributed by atoms with Crippen LogP contribution in [0.25, 0.3) is 10.9 Å². The molecule has 4 rings (SSSR count). The molecular weight excluding hydrogens is 470 g/mol. The smallest absolute Gasteiger partial charge is 0.246 e. The van der Waals surface area contributed by atoms with Crippen LogP contribution in [0, 0.1) is 11.6 Å². The molecule has 1 aliphatic rings. The Labute approximate surface area is 199 Å². The maximum atomic E-state index is 14.4. The molecule has 3 aromatic rings. The molecule has 1 aromatic heterocycles. The van der Waals surface area contributed by atoms with E-state index in [1.54, 1.807) is 24.1 Å². The van der Waals surface area contributed by atoms with Crippen molar-refractivity contribution in [2.24, 2.45) is 0 Å². The Morgan fingerprint density at radius 2 is 2.06 bits per heavy atom. The highest BCUT2D eigenvalue weighted by atomic mass is 35.5. The van der Waals surface area contributed by atoms with Crippen molar-refractivity contribution in [1.82, 2.24) is 14.9 Å². The first-order chi connectivity index (χ1) is 16.4. The van der Waals surface area contributed by atoms with Gasteiger partial charge in [-0.25, -0.2) is 18.7 Å². The molecule has 0 spiro atoms. The van der Waals surface area contributed by atoms with Crippen molar-refractivity contribution in [2.75, 3.05) is 38.7 Å². The summed E-state index contributed by atoms with van der Waals surface area (Å²) in [7, 11) is 1.56. The predicted molar refractivity (Wildman–Crippen MR) is 123 cm³/mol. The second kappa shape index (κ2) is 10.2. The van der Waals surface area contributed by atoms with Crippen molar-refractivity contribution >= 4 is 39.9 Å². The minimum atomic E-state index is -0.939. The molecule has 0 radical (unpaired) electrons. The number of hydrogen-bond donors (Lipinski definition) is 1. The van der Waals surface area contributed by atoms with Crippen LogP contribution in [0.5, 0.6) is 11.5 Å². The summed E-state index contributed by atoms with van der Waals surface area (Å²) in [5.74, 6) is -0.888. The van der Waals surface area contributed by atoms with Crippen LogP contribution in [0.1, 0.15) is 0 Å². The number of amides is 1. The standard InChI is InChI=1S/C23H21ClF2N4O4/c1-3-20(31)30-10-13(11-30)34-19-8-14-17(9-18(19)33-7-6-32-2)27-12-28-23(14)29-16-5-4-15(25)21(24)22(16)26/h3-5,8-9,12-13H,1,6-7,10-11H2,2H3,(H,27,28,29). The van der Waals surface area contributed by atoms with Crippen molar-refractivity contribution in [3.63, 3.8) is 0 Å². The second-order valence-corrected chi connectivity index (χ2v) is 7.79. The summed E-state index contributed by atoms with van der Waals surface area (Å²) in [6, 6.07) is 5.62. The fourth-order valence-electron chi connectivity index (χ4n) is 3.35. The predicted octanol–water partition coefficient (Wildman–Crippen LogP) is 4.11. The van der Waals surface area contributed by atoms with Gasteiger partial charge in [-0.05, 0) is 24.3 Å². The number of nitrogens with zero attached hydrogens (tertiary/aromatic N) is 3. The van der Waals surface area contributed by atoms with Gasteiger partial charge < -0.3 is 24.4 Å². The van der Waals surface area contributed by atoms with Crippen LogP contribution in [-0.2, 0) is 9.53 Å². The summed E-state index contributed by atoms with van der Waals surface area (Å²) in [5.41, 5.74) is 0.454. The normalized spacial score (nSPS) is 13.5. The van der Waals surface area contributed by atoms with Crippen molar-refractivity contribution < 1.29 is 27.8 Å². The number of anilines is 2. The maximum Gasteiger partial charge on any atom is 0.246 e. The van der Waals surface area contributed by atoms with E-state index in [2.05, 4.69) is 21.9 Å². The van der Waals surface area contributed by atoms with Crippen LogP contribution >= 0.6 is 11.6 Å². The number of ether oxygens (including phenoxy) is 3. The van der Waals surface area contributed by atoms with Gasteiger partial charge in [0.1, 0.15) is 35.7 Å². The van der Waals surface area contributed by atoms with E-state index in [9.17, 15) is 13.6 Å². The fraction of sp³-hybridized carbons (Fsp3) is 0.261. The molecule has 34 heavy (non-hydrogen) atoms. The molecule has 1 N–H and O–H groups in total. The number of likely N-dealkylation sites (tertiary alicyclic amines) is 1. The lowest BCUT2D eigenvalue weighted by molar-refractivity contribution is -0.134. The summed E-state index contributed by atoms with van der Waals surface area (Å²) < 4.78 is 44.9. The Morgan fingerprint density at radius 1 is 1.26 bits per heavy atom. The molecule has 0 saturated carbocycles. The zero-order valence-corrected chi connectivity index (χ0v) is 18.9. The van der Waals surface area contributed by atoms with Gasteiger partial charge in [-0.2, -0.15) is 0 Å². The minimum absolute atomic E-state index is 0.0492. The van der Waals surface area contributed by atoms with Gasteiger partial charge in [0.15, 0.2) is 17.3 Å². The molecule has 2 heterocycles. The average Bonchev–Trinajstić information content (AvgIpc) is 2.81. The molecule has 0 aliphatic carbocycles. The van der Waals surface area contributed by atoms with Gasteiger partial charge in [-0.1, -0.05) is 18.2 Å². The van der Waals surface area contributed by atoms with E-state index in [0.717, 1.165) is 6.07 Å². The second-order valence-electron chi connectivity index (χ2n) is 7.41. The van der Waals surface area contributed by atoms with Gasteiger partial charge in [-0.3, -0.25) is 4.79 Å². The largest absolute Gasteiger partial charge is 0.487 e. The van der Waals surface area contributed by atoms with E-state index >= 15 is 0 Å². The number of nitrogens with one attached hydrogen (secondary N) is 1. The SMILES string of the molecule is C=CC(=O)N1CC(Oc2cc3c(Nc4ccc(F)c(Cl)c4F)ncnc3cc2OCCOC)C1. The number of halogens is 3. The number of carbonyl (C=O) groups is 1. The maximum absolute atomic E-state index is 14.4. The molecule has 11 heteroatoms. The number of benzene rings is 2. The van der Waals surface area contributed by atoms with Crippen molar-refractivity contribution in [3.05, 3.63) is 59.9 Å². The molecule has 1 saturated heterocycles. The first-order valence-corrected chi connectivity index (χ1v) is 10.7. The molecule has 1 amide bonds. The van der Waals surface area contributed by atoms with Crippen LogP contribution in [0.4, 0.5) is 20.3 Å². The van der Waals surface area contributed by atoms with Gasteiger partial charge in [0, 0.05) is 18.6 Å². The van der Waals surface area contributed by atoms with E-state index in [-0.39, 0.29) is 30.1 Å². The van der Waals surface area contributed by atoms with Crippen molar-refractivity contribution in [2.45, 2.75) is 6.10 Å². The van der Waals surface area contributed by atoms with Crippen molar-refractivity contribution in [3.8, 4) is 11.5 Å². The van der Waals surface area contributed by atoms with Gasteiger partial charge in [0.05, 0.1) is 30.9 Å². The van der Waals surface area contributed by atoms with Crippen molar-refractivity contribution in [1.29, 1.82) is 0 Å². The van der Waals surface area contributed by atoms with Gasteiger partial charge >= 0.3 is 0 Å². The number of rotatable bonds is 9. The number of hydrogen-bond acceptors (Lipinski definition) is 7. The Kier molecular flexibility index (Phi) is 7.09. The molecule has 1 aliphatic heterocycles. The van der Waals surface area contributed by atoms with E-state index in [1.807, 2.05) is 0 Å². The third-order valence-corrected chi connectivity index (χ3v) is 5.51. The van der Waals surface area contributed by atoms with Crippen LogP contribution in [0.15, 0.2) is 43.2 Å². The molecule has 178 valence electrons. The molecule has 2 aromatic carbocycles. The summed E-state index contributed by atoms with van der Waals surface area (Å²) in [6.07, 6.45) is 2.31. The topological polar surface area (TPSA) is 85.8 Å². The van der Waals surface area contributed by atoms with Gasteiger partial charge in [0.25, 0.3) is 0 Å². The quantitative estimate of drug-likeness (QED) is 0.274. The highest BCUT2D eigenvalue weighted by Gasteiger charge is 2.32. The monoisotopic (exact) mass is 490 g/mol. The number of aromatic nitrogens is 2. The van der Waals surface area contributed by atoms with Crippen LogP contribution < -0.4 is 14.8 Å². The number of fused-ring (bicyclic) bond motifs is 1. The molecule has 0 atom stereocenters. The van der Waals surface area contributed by atoms with E-state index in [4.69, 9.17) is 25.8 Å². The number of carbonyl (C=O) groups excluding carboxylic acids is 1. The number of methoxy groups -OCH3 is 1. The summed E-state index contributed by atoms with van der Waals surface area (Å²) in [5, 5.41) is 2.72. The minimum Gasteiger partial charge on any atom is -0.487 e. The highest BCUT2D eigenvalue weighted by molar-refractivity contribution is 6.31. The van der Waals surface area contributed by atoms with E-state index < -0.39 is 16.7 Å². The lowest BCUT2D eigenvalue weighted by Gasteiger charge is -2.38. The molecule has 0 unspecified atom stereocenters. The van der Waals surface area contributed by atoms with E-state index in [1.165, 1.54) is 18.5 Å². The van der Waals surface area contributed by atoms with E-state index in [0.29, 0.717) is 42.1 Å². The molecule has 8 nitrogen and oxygen atoms in total. The summed E-state index contributed by atoms with van der Waals surface area (Å²) in [6.45, 7) is 4.92. The fourth-order valence-corrected chi connectivity index (χ4v) is 3.52. The molecule has 1 fully saturated rings. The summed E-state index contributed by atoms with van der Waals surface area (Å²) in [4.78, 5) is 21.8. The Hall–Kier alpha value is -3.50. The van der Waals surface area contributed by atoms with Crippen LogP contribution in [-0.4, -0.2) is 60.3 Å². The van der Waals surface area contributed by atoms with Crippen LogP contribution in [0.3, 0.4) is 0 Å². The Balaban J connectivity index is 1.66. The van der Waals surface area contributed by atoms with Gasteiger partial charge in [-0.15, -0.1) is 0 Å². The Morgan fingerprint density at radius 3 is 2.79 bits per heavy atom. The third-order valence-electron chi connectivity index (χ3n) is 5.16. The average molecular weight is 491 g/mol. The molecule has 0 bridgehead atoms. The first-order valence-electron chi connectivity index (χ1n) is 10.3. The van der Waals surface area contributed by atoms with Crippen LogP contribution in [0.2, 0.25) is 5.02 Å². The zero-order chi connectivity index (χ0) is 24.2. The highest BCUT2D eigenvalue weighted by Crippen LogP contribution is 2.37. The first kappa shape index (κ1) is 23.7.